The Kier molecular flexibility index (Phi) is 9.72. The quantitative estimate of drug-likeness (QED) is 0.328. The monoisotopic (exact) mass is 517 g/mol. The molecule has 1 unspecified atom stereocenters. The van der Waals surface area contributed by atoms with Crippen LogP contribution in [0.25, 0.3) is 0 Å². The topological polar surface area (TPSA) is 59.2 Å². The van der Waals surface area contributed by atoms with E-state index in [1.807, 2.05) is 30.1 Å². The van der Waals surface area contributed by atoms with E-state index in [-0.39, 0.29) is 41.6 Å². The second-order valence-corrected chi connectivity index (χ2v) is 6.88. The molecular weight excluding hydrogens is 488 g/mol. The van der Waals surface area contributed by atoms with Crippen LogP contribution in [0.3, 0.4) is 0 Å². The maximum atomic E-state index is 14.0. The Bertz CT molecular complexity index is 765. The molecule has 1 saturated heterocycles. The van der Waals surface area contributed by atoms with Gasteiger partial charge in [-0.2, -0.15) is 0 Å². The first kappa shape index (κ1) is 23.5. The Morgan fingerprint density at radius 1 is 1.38 bits per heavy atom. The van der Waals surface area contributed by atoms with Crippen molar-refractivity contribution in [3.63, 3.8) is 0 Å². The van der Waals surface area contributed by atoms with E-state index >= 15 is 0 Å². The summed E-state index contributed by atoms with van der Waals surface area (Å²) in [6.07, 6.45) is 4.73. The maximum absolute atomic E-state index is 14.0. The van der Waals surface area contributed by atoms with Crippen LogP contribution in [0.2, 0.25) is 0 Å². The molecule has 0 aliphatic carbocycles. The van der Waals surface area contributed by atoms with Gasteiger partial charge in [-0.05, 0) is 42.7 Å². The smallest absolute Gasteiger partial charge is 0.194 e. The molecule has 1 atom stereocenters. The summed E-state index contributed by atoms with van der Waals surface area (Å²) < 4.78 is 30.0. The third kappa shape index (κ3) is 7.18. The lowest BCUT2D eigenvalue weighted by molar-refractivity contribution is 0.117. The van der Waals surface area contributed by atoms with Gasteiger partial charge in [0, 0.05) is 33.2 Å². The van der Waals surface area contributed by atoms with Crippen LogP contribution in [0.15, 0.2) is 46.0 Å². The van der Waals surface area contributed by atoms with Crippen molar-refractivity contribution in [3.8, 4) is 5.75 Å². The van der Waals surface area contributed by atoms with Gasteiger partial charge in [-0.3, -0.25) is 4.99 Å². The predicted octanol–water partition coefficient (Wildman–Crippen LogP) is 3.84. The summed E-state index contributed by atoms with van der Waals surface area (Å²) in [6, 6.07) is 8.84. The summed E-state index contributed by atoms with van der Waals surface area (Å²) >= 11 is 0. The van der Waals surface area contributed by atoms with Crippen LogP contribution in [0.5, 0.6) is 5.75 Å². The predicted molar refractivity (Wildman–Crippen MR) is 122 cm³/mol. The minimum atomic E-state index is -0.364. The van der Waals surface area contributed by atoms with E-state index in [1.165, 1.54) is 13.2 Å². The van der Waals surface area contributed by atoms with Crippen LogP contribution >= 0.6 is 24.0 Å². The molecule has 0 saturated carbocycles. The normalized spacial score (nSPS) is 16.4. The second-order valence-electron chi connectivity index (χ2n) is 6.88. The minimum absolute atomic E-state index is 0. The number of ether oxygens (including phenoxy) is 2. The summed E-state index contributed by atoms with van der Waals surface area (Å²) in [5.74, 6) is 1.57. The molecule has 1 aliphatic rings. The number of rotatable bonds is 8. The summed E-state index contributed by atoms with van der Waals surface area (Å²) in [5, 5.41) is 3.38. The van der Waals surface area contributed by atoms with Crippen molar-refractivity contribution in [3.05, 3.63) is 53.7 Å². The molecule has 1 aromatic heterocycles. The van der Waals surface area contributed by atoms with Gasteiger partial charge in [0.05, 0.1) is 26.0 Å². The Morgan fingerprint density at radius 3 is 2.90 bits per heavy atom. The lowest BCUT2D eigenvalue weighted by atomic mass is 10.2. The number of methoxy groups -OCH3 is 1. The van der Waals surface area contributed by atoms with E-state index in [2.05, 4.69) is 5.32 Å². The number of hydrogen-bond acceptors (Lipinski definition) is 4. The van der Waals surface area contributed by atoms with E-state index < -0.39 is 0 Å². The fourth-order valence-electron chi connectivity index (χ4n) is 3.20. The van der Waals surface area contributed by atoms with Crippen molar-refractivity contribution in [2.24, 2.45) is 4.99 Å². The maximum Gasteiger partial charge on any atom is 0.194 e. The van der Waals surface area contributed by atoms with Crippen molar-refractivity contribution in [1.29, 1.82) is 0 Å². The fourth-order valence-corrected chi connectivity index (χ4v) is 3.20. The van der Waals surface area contributed by atoms with Gasteiger partial charge < -0.3 is 24.1 Å². The fraction of sp³-hybridized carbons (Fsp3) is 0.476. The standard InChI is InChI=1S/C21H28FN3O3.HI/c1-25(15-16-7-8-20(26-2)19(22)13-16)21(24-14-18-6-4-12-28-18)23-10-9-17-5-3-11-27-17;/h3,5,7-8,11,13,18H,4,6,9-10,12,14-15H2,1-2H3,(H,23,24);1H. The number of benzene rings is 1. The van der Waals surface area contributed by atoms with Gasteiger partial charge >= 0.3 is 0 Å². The van der Waals surface area contributed by atoms with Crippen molar-refractivity contribution in [2.45, 2.75) is 31.9 Å². The lowest BCUT2D eigenvalue weighted by Gasteiger charge is -2.23. The SMILES string of the molecule is COc1ccc(CN(C)C(=NCC2CCCO2)NCCc2ccco2)cc1F.I. The highest BCUT2D eigenvalue weighted by molar-refractivity contribution is 14.0. The Morgan fingerprint density at radius 2 is 2.24 bits per heavy atom. The Labute approximate surface area is 188 Å². The van der Waals surface area contributed by atoms with E-state index in [4.69, 9.17) is 18.9 Å². The molecule has 2 heterocycles. The zero-order chi connectivity index (χ0) is 19.8. The van der Waals surface area contributed by atoms with Gasteiger partial charge in [-0.1, -0.05) is 6.07 Å². The highest BCUT2D eigenvalue weighted by atomic mass is 127. The number of halogens is 2. The van der Waals surface area contributed by atoms with Gasteiger partial charge in [0.25, 0.3) is 0 Å². The molecule has 1 aromatic carbocycles. The number of furan rings is 1. The number of nitrogens with one attached hydrogen (secondary N) is 1. The molecule has 8 heteroatoms. The van der Waals surface area contributed by atoms with Crippen LogP contribution in [0.4, 0.5) is 4.39 Å². The van der Waals surface area contributed by atoms with Crippen molar-refractivity contribution >= 4 is 29.9 Å². The zero-order valence-corrected chi connectivity index (χ0v) is 19.2. The van der Waals surface area contributed by atoms with Crippen molar-refractivity contribution in [1.82, 2.24) is 10.2 Å². The largest absolute Gasteiger partial charge is 0.494 e. The third-order valence-electron chi connectivity index (χ3n) is 4.70. The van der Waals surface area contributed by atoms with Gasteiger partial charge in [0.2, 0.25) is 0 Å². The van der Waals surface area contributed by atoms with Crippen LogP contribution in [-0.2, 0) is 17.7 Å². The molecule has 0 spiro atoms. The number of guanidine groups is 1. The first-order valence-electron chi connectivity index (χ1n) is 9.61. The number of nitrogens with zero attached hydrogens (tertiary/aromatic N) is 2. The van der Waals surface area contributed by atoms with Crippen LogP contribution in [-0.4, -0.2) is 50.8 Å². The molecule has 0 bridgehead atoms. The van der Waals surface area contributed by atoms with Gasteiger partial charge in [0.15, 0.2) is 17.5 Å². The summed E-state index contributed by atoms with van der Waals surface area (Å²) in [7, 11) is 3.40. The molecule has 6 nitrogen and oxygen atoms in total. The molecule has 3 rings (SSSR count). The lowest BCUT2D eigenvalue weighted by Crippen LogP contribution is -2.40. The highest BCUT2D eigenvalue weighted by Gasteiger charge is 2.16. The summed E-state index contributed by atoms with van der Waals surface area (Å²) in [5.41, 5.74) is 0.846. The van der Waals surface area contributed by atoms with Gasteiger partial charge in [-0.25, -0.2) is 4.39 Å². The van der Waals surface area contributed by atoms with E-state index in [0.717, 1.165) is 43.2 Å². The molecule has 0 amide bonds. The van der Waals surface area contributed by atoms with Crippen LogP contribution in [0.1, 0.15) is 24.2 Å². The average Bonchev–Trinajstić information content (AvgIpc) is 3.38. The molecular formula is C21H29FIN3O3. The molecule has 160 valence electrons. The van der Waals surface area contributed by atoms with E-state index in [0.29, 0.717) is 19.6 Å². The first-order chi connectivity index (χ1) is 13.7. The third-order valence-corrected chi connectivity index (χ3v) is 4.70. The minimum Gasteiger partial charge on any atom is -0.494 e. The average molecular weight is 517 g/mol. The van der Waals surface area contributed by atoms with Crippen molar-refractivity contribution in [2.75, 3.05) is 33.9 Å². The Hall–Kier alpha value is -1.81. The number of hydrogen-bond donors (Lipinski definition) is 1. The van der Waals surface area contributed by atoms with Crippen LogP contribution in [0, 0.1) is 5.82 Å². The van der Waals surface area contributed by atoms with Crippen LogP contribution < -0.4 is 10.1 Å². The molecule has 2 aromatic rings. The molecule has 0 radical (unpaired) electrons. The van der Waals surface area contributed by atoms with Gasteiger partial charge in [-0.15, -0.1) is 24.0 Å². The molecule has 1 fully saturated rings. The molecule has 29 heavy (non-hydrogen) atoms. The molecule has 1 N–H and O–H groups in total. The second kappa shape index (κ2) is 12.0. The first-order valence-corrected chi connectivity index (χ1v) is 9.61. The van der Waals surface area contributed by atoms with Gasteiger partial charge in [0.1, 0.15) is 5.76 Å². The van der Waals surface area contributed by atoms with Crippen molar-refractivity contribution < 1.29 is 18.3 Å². The van der Waals surface area contributed by atoms with E-state index in [9.17, 15) is 4.39 Å². The Balaban J connectivity index is 0.00000300. The number of aliphatic imine (C=N–C) groups is 1. The van der Waals surface area contributed by atoms with E-state index in [1.54, 1.807) is 12.3 Å². The zero-order valence-electron chi connectivity index (χ0n) is 16.9. The summed E-state index contributed by atoms with van der Waals surface area (Å²) in [6.45, 7) is 2.64. The summed E-state index contributed by atoms with van der Waals surface area (Å²) in [4.78, 5) is 6.72. The molecule has 1 aliphatic heterocycles. The highest BCUT2D eigenvalue weighted by Crippen LogP contribution is 2.18.